The summed E-state index contributed by atoms with van der Waals surface area (Å²) in [6.07, 6.45) is 2.22. The molecule has 0 spiro atoms. The van der Waals surface area contributed by atoms with E-state index in [1.165, 1.54) is 0 Å². The maximum absolute atomic E-state index is 11.7. The molecule has 1 saturated heterocycles. The molecule has 3 heterocycles. The van der Waals surface area contributed by atoms with Crippen LogP contribution in [0.5, 0.6) is 0 Å². The lowest BCUT2D eigenvalue weighted by molar-refractivity contribution is 0.0996. The van der Waals surface area contributed by atoms with E-state index in [0.717, 1.165) is 18.9 Å². The summed E-state index contributed by atoms with van der Waals surface area (Å²) in [6.45, 7) is 4.89. The second-order valence-corrected chi connectivity index (χ2v) is 5.86. The van der Waals surface area contributed by atoms with Gasteiger partial charge >= 0.3 is 0 Å². The molecule has 0 saturated carbocycles. The number of rotatable bonds is 5. The van der Waals surface area contributed by atoms with Gasteiger partial charge in [0, 0.05) is 13.1 Å². The largest absolute Gasteiger partial charge is 0.378 e. The standard InChI is InChI=1S/C16H19ClN6O2/c1-2-11-14(17)22-16(13(21-11)15(18)24)20-10-3-4-12(19-9-10)23-5-7-25-8-6-23/h3-4,9H,2,5-8H2,1H3,(H2,18,24)(H,20,22). The number of morpholine rings is 1. The number of primary amides is 1. The zero-order valence-electron chi connectivity index (χ0n) is 13.8. The number of nitrogens with two attached hydrogens (primary N) is 1. The molecule has 0 aliphatic carbocycles. The van der Waals surface area contributed by atoms with Gasteiger partial charge in [0.1, 0.15) is 5.82 Å². The molecule has 2 aromatic rings. The zero-order chi connectivity index (χ0) is 17.8. The van der Waals surface area contributed by atoms with E-state index in [2.05, 4.69) is 25.2 Å². The maximum atomic E-state index is 11.7. The summed E-state index contributed by atoms with van der Waals surface area (Å²) < 4.78 is 5.34. The number of pyridine rings is 1. The summed E-state index contributed by atoms with van der Waals surface area (Å²) in [5.74, 6) is 0.421. The first-order valence-electron chi connectivity index (χ1n) is 8.00. The van der Waals surface area contributed by atoms with Crippen molar-refractivity contribution in [3.8, 4) is 0 Å². The van der Waals surface area contributed by atoms with Crippen LogP contribution in [0, 0.1) is 0 Å². The Morgan fingerprint density at radius 1 is 1.36 bits per heavy atom. The predicted molar refractivity (Wildman–Crippen MR) is 95.5 cm³/mol. The summed E-state index contributed by atoms with van der Waals surface area (Å²) in [5, 5.41) is 3.25. The Morgan fingerprint density at radius 2 is 2.12 bits per heavy atom. The molecular weight excluding hydrogens is 344 g/mol. The number of nitrogens with zero attached hydrogens (tertiary/aromatic N) is 4. The van der Waals surface area contributed by atoms with Crippen molar-refractivity contribution in [2.75, 3.05) is 36.5 Å². The van der Waals surface area contributed by atoms with Crippen molar-refractivity contribution in [1.82, 2.24) is 15.0 Å². The monoisotopic (exact) mass is 362 g/mol. The SMILES string of the molecule is CCc1nc(C(N)=O)c(Nc2ccc(N3CCOCC3)nc2)nc1Cl. The third-order valence-electron chi connectivity index (χ3n) is 3.83. The van der Waals surface area contributed by atoms with E-state index in [0.29, 0.717) is 31.0 Å². The van der Waals surface area contributed by atoms with Gasteiger partial charge in [-0.25, -0.2) is 15.0 Å². The number of nitrogens with one attached hydrogen (secondary N) is 1. The van der Waals surface area contributed by atoms with Crippen LogP contribution in [0.3, 0.4) is 0 Å². The summed E-state index contributed by atoms with van der Waals surface area (Å²) in [5.41, 5.74) is 6.65. The first-order valence-corrected chi connectivity index (χ1v) is 8.38. The molecule has 0 bridgehead atoms. The molecule has 1 aliphatic rings. The van der Waals surface area contributed by atoms with Crippen molar-refractivity contribution in [2.24, 2.45) is 5.73 Å². The summed E-state index contributed by atoms with van der Waals surface area (Å²) in [7, 11) is 0. The molecule has 3 N–H and O–H groups in total. The minimum absolute atomic E-state index is 0.0542. The average Bonchev–Trinajstić information content (AvgIpc) is 2.63. The number of hydrogen-bond acceptors (Lipinski definition) is 7. The van der Waals surface area contributed by atoms with Crippen LogP contribution in [0.2, 0.25) is 5.15 Å². The molecule has 9 heteroatoms. The second-order valence-electron chi connectivity index (χ2n) is 5.51. The third-order valence-corrected chi connectivity index (χ3v) is 4.14. The summed E-state index contributed by atoms with van der Waals surface area (Å²) in [4.78, 5) is 26.7. The van der Waals surface area contributed by atoms with E-state index in [1.54, 1.807) is 6.20 Å². The van der Waals surface area contributed by atoms with E-state index in [-0.39, 0.29) is 16.7 Å². The summed E-state index contributed by atoms with van der Waals surface area (Å²) >= 11 is 6.10. The fraction of sp³-hybridized carbons (Fsp3) is 0.375. The van der Waals surface area contributed by atoms with Gasteiger partial charge in [0.25, 0.3) is 5.91 Å². The molecule has 0 radical (unpaired) electrons. The molecule has 3 rings (SSSR count). The Kier molecular flexibility index (Phi) is 5.30. The fourth-order valence-corrected chi connectivity index (χ4v) is 2.77. The van der Waals surface area contributed by atoms with Gasteiger partial charge in [-0.2, -0.15) is 0 Å². The molecule has 1 fully saturated rings. The van der Waals surface area contributed by atoms with Gasteiger partial charge < -0.3 is 20.7 Å². The topological polar surface area (TPSA) is 106 Å². The highest BCUT2D eigenvalue weighted by Gasteiger charge is 2.17. The van der Waals surface area contributed by atoms with Crippen molar-refractivity contribution < 1.29 is 9.53 Å². The first kappa shape index (κ1) is 17.4. The second kappa shape index (κ2) is 7.62. The lowest BCUT2D eigenvalue weighted by atomic mass is 10.3. The highest BCUT2D eigenvalue weighted by atomic mass is 35.5. The van der Waals surface area contributed by atoms with E-state index in [9.17, 15) is 4.79 Å². The van der Waals surface area contributed by atoms with Gasteiger partial charge in [0.15, 0.2) is 16.7 Å². The van der Waals surface area contributed by atoms with Gasteiger partial charge in [-0.3, -0.25) is 4.79 Å². The zero-order valence-corrected chi connectivity index (χ0v) is 14.6. The number of carbonyl (C=O) groups is 1. The average molecular weight is 363 g/mol. The van der Waals surface area contributed by atoms with Crippen LogP contribution in [0.4, 0.5) is 17.3 Å². The Hall–Kier alpha value is -2.45. The number of hydrogen-bond donors (Lipinski definition) is 2. The van der Waals surface area contributed by atoms with Gasteiger partial charge in [-0.05, 0) is 18.6 Å². The van der Waals surface area contributed by atoms with Crippen molar-refractivity contribution in [3.63, 3.8) is 0 Å². The van der Waals surface area contributed by atoms with Gasteiger partial charge in [-0.1, -0.05) is 18.5 Å². The Bertz CT molecular complexity index is 762. The van der Waals surface area contributed by atoms with Crippen molar-refractivity contribution in [2.45, 2.75) is 13.3 Å². The van der Waals surface area contributed by atoms with Gasteiger partial charge in [0.2, 0.25) is 0 Å². The quantitative estimate of drug-likeness (QED) is 0.834. The summed E-state index contributed by atoms with van der Waals surface area (Å²) in [6, 6.07) is 3.75. The molecule has 1 amide bonds. The number of aryl methyl sites for hydroxylation is 1. The Balaban J connectivity index is 1.82. The molecule has 25 heavy (non-hydrogen) atoms. The minimum Gasteiger partial charge on any atom is -0.378 e. The molecule has 0 unspecified atom stereocenters. The van der Waals surface area contributed by atoms with Crippen LogP contribution in [0.15, 0.2) is 18.3 Å². The first-order chi connectivity index (χ1) is 12.1. The normalized spacial score (nSPS) is 14.4. The Morgan fingerprint density at radius 3 is 2.72 bits per heavy atom. The van der Waals surface area contributed by atoms with E-state index < -0.39 is 5.91 Å². The smallest absolute Gasteiger partial charge is 0.271 e. The van der Waals surface area contributed by atoms with Crippen LogP contribution in [0.25, 0.3) is 0 Å². The highest BCUT2D eigenvalue weighted by Crippen LogP contribution is 2.23. The van der Waals surface area contributed by atoms with Crippen LogP contribution < -0.4 is 16.0 Å². The van der Waals surface area contributed by atoms with E-state index >= 15 is 0 Å². The molecule has 8 nitrogen and oxygen atoms in total. The molecular formula is C16H19ClN6O2. The lowest BCUT2D eigenvalue weighted by Crippen LogP contribution is -2.36. The minimum atomic E-state index is -0.667. The van der Waals surface area contributed by atoms with Crippen LogP contribution in [-0.4, -0.2) is 47.2 Å². The van der Waals surface area contributed by atoms with E-state index in [1.807, 2.05) is 19.1 Å². The lowest BCUT2D eigenvalue weighted by Gasteiger charge is -2.27. The molecule has 132 valence electrons. The van der Waals surface area contributed by atoms with Gasteiger partial charge in [0.05, 0.1) is 30.8 Å². The van der Waals surface area contributed by atoms with Crippen LogP contribution in [0.1, 0.15) is 23.1 Å². The number of aromatic nitrogens is 3. The number of ether oxygens (including phenoxy) is 1. The highest BCUT2D eigenvalue weighted by molar-refractivity contribution is 6.30. The van der Waals surface area contributed by atoms with Crippen LogP contribution in [-0.2, 0) is 11.2 Å². The van der Waals surface area contributed by atoms with Crippen molar-refractivity contribution in [1.29, 1.82) is 0 Å². The number of halogens is 1. The number of amides is 1. The molecule has 0 atom stereocenters. The number of carbonyl (C=O) groups excluding carboxylic acids is 1. The predicted octanol–water partition coefficient (Wildman–Crippen LogP) is 1.77. The number of anilines is 3. The van der Waals surface area contributed by atoms with Crippen molar-refractivity contribution in [3.05, 3.63) is 34.9 Å². The van der Waals surface area contributed by atoms with Crippen molar-refractivity contribution >= 4 is 34.8 Å². The van der Waals surface area contributed by atoms with Gasteiger partial charge in [-0.15, -0.1) is 0 Å². The molecule has 0 aromatic carbocycles. The molecule has 2 aromatic heterocycles. The van der Waals surface area contributed by atoms with Crippen LogP contribution >= 0.6 is 11.6 Å². The van der Waals surface area contributed by atoms with E-state index in [4.69, 9.17) is 22.1 Å². The molecule has 1 aliphatic heterocycles. The Labute approximate surface area is 150 Å². The maximum Gasteiger partial charge on any atom is 0.271 e. The fourth-order valence-electron chi connectivity index (χ4n) is 2.51. The third kappa shape index (κ3) is 3.97.